The number of thiazole rings is 1. The fourth-order valence-electron chi connectivity index (χ4n) is 4.94. The molecule has 1 saturated heterocycles. The Morgan fingerprint density at radius 2 is 1.89 bits per heavy atom. The van der Waals surface area contributed by atoms with E-state index in [4.69, 9.17) is 0 Å². The Balaban J connectivity index is 1.23. The third-order valence-electron chi connectivity index (χ3n) is 6.90. The lowest BCUT2D eigenvalue weighted by molar-refractivity contribution is 0.103. The summed E-state index contributed by atoms with van der Waals surface area (Å²) in [7, 11) is 3.84. The molecule has 0 bridgehead atoms. The van der Waals surface area contributed by atoms with Gasteiger partial charge in [-0.3, -0.25) is 9.80 Å². The molecule has 188 valence electrons. The maximum Gasteiger partial charge on any atom is 0.338 e. The first kappa shape index (κ1) is 23.3. The van der Waals surface area contributed by atoms with Crippen LogP contribution in [0.15, 0.2) is 69.8 Å². The highest BCUT2D eigenvalue weighted by atomic mass is 32.1. The van der Waals surface area contributed by atoms with Gasteiger partial charge in [0.1, 0.15) is 11.7 Å². The van der Waals surface area contributed by atoms with E-state index < -0.39 is 12.1 Å². The summed E-state index contributed by atoms with van der Waals surface area (Å²) in [5.74, 6) is -0.160. The maximum atomic E-state index is 13.6. The maximum absolute atomic E-state index is 13.6. The first-order valence-electron chi connectivity index (χ1n) is 12.1. The van der Waals surface area contributed by atoms with Gasteiger partial charge < -0.3 is 15.1 Å². The largest absolute Gasteiger partial charge is 0.369 e. The lowest BCUT2D eigenvalue weighted by Crippen LogP contribution is -2.44. The van der Waals surface area contributed by atoms with E-state index in [-0.39, 0.29) is 5.78 Å². The molecule has 0 spiro atoms. The van der Waals surface area contributed by atoms with Crippen LogP contribution in [0, 0.1) is 0 Å². The minimum Gasteiger partial charge on any atom is -0.369 e. The van der Waals surface area contributed by atoms with Crippen LogP contribution in [-0.4, -0.2) is 62.0 Å². The smallest absolute Gasteiger partial charge is 0.338 e. The van der Waals surface area contributed by atoms with Crippen LogP contribution in [0.3, 0.4) is 0 Å². The lowest BCUT2D eigenvalue weighted by atomic mass is 10.0. The number of nitrogens with one attached hydrogen (secondary N) is 2. The van der Waals surface area contributed by atoms with Gasteiger partial charge in [-0.1, -0.05) is 24.3 Å². The number of aromatic nitrogens is 1. The molecule has 3 aliphatic rings. The summed E-state index contributed by atoms with van der Waals surface area (Å²) in [4.78, 5) is 35.2. The second-order valence-corrected chi connectivity index (χ2v) is 10.1. The fourth-order valence-corrected chi connectivity index (χ4v) is 5.51. The van der Waals surface area contributed by atoms with Crippen LogP contribution < -0.4 is 20.7 Å². The topological polar surface area (TPSA) is 106 Å². The quantitative estimate of drug-likeness (QED) is 0.495. The summed E-state index contributed by atoms with van der Waals surface area (Å²) in [6.07, 6.45) is 1.66. The molecule has 3 heterocycles. The number of hydrazine groups is 1. The zero-order valence-corrected chi connectivity index (χ0v) is 21.3. The molecule has 1 atom stereocenters. The van der Waals surface area contributed by atoms with Crippen LogP contribution in [0.1, 0.15) is 27.5 Å². The highest BCUT2D eigenvalue weighted by Crippen LogP contribution is 2.49. The Labute approximate surface area is 218 Å². The molecular weight excluding hydrogens is 488 g/mol. The number of hydrogen-bond acceptors (Lipinski definition) is 9. The van der Waals surface area contributed by atoms with Crippen LogP contribution in [0.4, 0.5) is 21.3 Å². The minimum atomic E-state index is -0.466. The van der Waals surface area contributed by atoms with Gasteiger partial charge in [-0.05, 0) is 30.8 Å². The number of azo groups is 1. The number of ketones is 1. The molecule has 1 aliphatic carbocycles. The third-order valence-corrected chi connectivity index (χ3v) is 7.75. The lowest BCUT2D eigenvalue weighted by Gasteiger charge is -2.34. The Kier molecular flexibility index (Phi) is 5.93. The minimum absolute atomic E-state index is 0.160. The van der Waals surface area contributed by atoms with E-state index in [2.05, 4.69) is 54.9 Å². The highest BCUT2D eigenvalue weighted by Gasteiger charge is 2.42. The number of fused-ring (bicyclic) bond motifs is 3. The molecule has 10 nitrogen and oxygen atoms in total. The number of benzene rings is 2. The molecule has 0 radical (unpaired) electrons. The molecule has 1 fully saturated rings. The van der Waals surface area contributed by atoms with Crippen LogP contribution in [0.25, 0.3) is 5.70 Å². The number of nitrogens with zero attached hydrogens (tertiary/aromatic N) is 6. The van der Waals surface area contributed by atoms with Gasteiger partial charge in [0.05, 0.1) is 16.8 Å². The molecule has 11 heteroatoms. The number of carbonyl (C=O) groups excluding carboxylic acids is 2. The normalized spacial score (nSPS) is 18.7. The van der Waals surface area contributed by atoms with Crippen LogP contribution >= 0.6 is 11.3 Å². The van der Waals surface area contributed by atoms with Crippen molar-refractivity contribution in [3.63, 3.8) is 0 Å². The van der Waals surface area contributed by atoms with Crippen molar-refractivity contribution in [1.82, 2.24) is 15.3 Å². The second kappa shape index (κ2) is 9.41. The van der Waals surface area contributed by atoms with E-state index in [1.807, 2.05) is 29.6 Å². The van der Waals surface area contributed by atoms with Gasteiger partial charge in [-0.15, -0.1) is 11.3 Å². The molecule has 2 aromatic carbocycles. The van der Waals surface area contributed by atoms with E-state index in [0.717, 1.165) is 43.0 Å². The number of piperazine rings is 1. The molecule has 37 heavy (non-hydrogen) atoms. The van der Waals surface area contributed by atoms with Crippen LogP contribution in [0.2, 0.25) is 0 Å². The zero-order chi connectivity index (χ0) is 25.5. The number of Topliss-reactive ketones (excluding diaryl/α,β-unsaturated/α-hetero) is 1. The number of amides is 2. The van der Waals surface area contributed by atoms with Gasteiger partial charge >= 0.3 is 6.03 Å². The second-order valence-electron chi connectivity index (χ2n) is 9.26. The van der Waals surface area contributed by atoms with Crippen molar-refractivity contribution in [2.45, 2.75) is 6.04 Å². The Bertz CT molecular complexity index is 1410. The van der Waals surface area contributed by atoms with E-state index >= 15 is 0 Å². The Morgan fingerprint density at radius 3 is 2.62 bits per heavy atom. The molecule has 1 unspecified atom stereocenters. The van der Waals surface area contributed by atoms with Gasteiger partial charge in [-0.25, -0.2) is 15.2 Å². The van der Waals surface area contributed by atoms with Crippen molar-refractivity contribution in [1.29, 1.82) is 0 Å². The number of urea groups is 1. The monoisotopic (exact) mass is 514 g/mol. The van der Waals surface area contributed by atoms with Crippen LogP contribution in [0.5, 0.6) is 0 Å². The Hall–Kier alpha value is -4.09. The molecule has 2 aliphatic heterocycles. The molecule has 0 saturated carbocycles. The molecule has 6 rings (SSSR count). The summed E-state index contributed by atoms with van der Waals surface area (Å²) in [5, 5.41) is 15.7. The first-order chi connectivity index (χ1) is 18.0. The van der Waals surface area contributed by atoms with Gasteiger partial charge in [0, 0.05) is 56.1 Å². The number of anilines is 3. The van der Waals surface area contributed by atoms with E-state index in [0.29, 0.717) is 27.7 Å². The highest BCUT2D eigenvalue weighted by molar-refractivity contribution is 7.13. The van der Waals surface area contributed by atoms with Crippen molar-refractivity contribution >= 4 is 45.4 Å². The molecule has 3 aromatic rings. The number of rotatable bonds is 5. The van der Waals surface area contributed by atoms with E-state index in [9.17, 15) is 9.59 Å². The van der Waals surface area contributed by atoms with Crippen molar-refractivity contribution in [3.8, 4) is 0 Å². The summed E-state index contributed by atoms with van der Waals surface area (Å²) < 4.78 is 0. The average molecular weight is 515 g/mol. The molecule has 1 aromatic heterocycles. The fraction of sp³-hybridized carbons (Fsp3) is 0.269. The first-order valence-corrected chi connectivity index (χ1v) is 12.9. The van der Waals surface area contributed by atoms with Gasteiger partial charge in [0.15, 0.2) is 5.78 Å². The van der Waals surface area contributed by atoms with Crippen LogP contribution in [-0.2, 0) is 0 Å². The predicted molar refractivity (Wildman–Crippen MR) is 144 cm³/mol. The zero-order valence-electron chi connectivity index (χ0n) is 20.5. The van der Waals surface area contributed by atoms with Crippen molar-refractivity contribution in [3.05, 3.63) is 76.3 Å². The predicted octanol–water partition coefficient (Wildman–Crippen LogP) is 4.18. The van der Waals surface area contributed by atoms with E-state index in [1.165, 1.54) is 16.3 Å². The van der Waals surface area contributed by atoms with E-state index in [1.54, 1.807) is 19.3 Å². The third kappa shape index (κ3) is 4.25. The van der Waals surface area contributed by atoms with Crippen molar-refractivity contribution in [2.75, 3.05) is 55.5 Å². The molecule has 2 N–H and O–H groups in total. The summed E-state index contributed by atoms with van der Waals surface area (Å²) in [6.45, 7) is 4.05. The van der Waals surface area contributed by atoms with Gasteiger partial charge in [0.25, 0.3) is 0 Å². The average Bonchev–Trinajstić information content (AvgIpc) is 3.64. The summed E-state index contributed by atoms with van der Waals surface area (Å²) in [5.41, 5.74) is 7.53. The summed E-state index contributed by atoms with van der Waals surface area (Å²) in [6, 6.07) is 12.7. The summed E-state index contributed by atoms with van der Waals surface area (Å²) >= 11 is 1.40. The van der Waals surface area contributed by atoms with Gasteiger partial charge in [0.2, 0.25) is 5.13 Å². The Morgan fingerprint density at radius 1 is 1.11 bits per heavy atom. The number of hydrogen-bond donors (Lipinski definition) is 2. The van der Waals surface area contributed by atoms with Gasteiger partial charge in [-0.2, -0.15) is 10.2 Å². The van der Waals surface area contributed by atoms with Crippen molar-refractivity contribution in [2.24, 2.45) is 10.2 Å². The van der Waals surface area contributed by atoms with Crippen molar-refractivity contribution < 1.29 is 9.59 Å². The molecule has 2 amide bonds. The number of carbonyl (C=O) groups is 2. The standard InChI is InChI=1S/C26H26N8O2S/c1-32-11-13-34(14-12-32)17-8-6-16(7-9-17)22-21-23(30-29-22)18-4-3-5-19(20(18)24(21)35)28-25(36)31-33(2)26-27-10-15-37-26/h3-10,15,23H,11-14H2,1-2H3,(H2,28,31,36). The molecular formula is C26H26N8O2S. The SMILES string of the molecule is CN1CCN(c2ccc(C3=C4C(=O)c5c(NC(=O)NN(C)c6nccs6)cccc5C4N=N3)cc2)CC1. The number of likely N-dealkylation sites (N-methyl/N-ethyl adjacent to an activating group) is 1.